The lowest BCUT2D eigenvalue weighted by Crippen LogP contribution is -2.05. The minimum Gasteiger partial charge on any atom is -0.413 e. The van der Waals surface area contributed by atoms with Crippen molar-refractivity contribution in [1.29, 1.82) is 0 Å². The van der Waals surface area contributed by atoms with E-state index < -0.39 is 20.9 Å². The van der Waals surface area contributed by atoms with Gasteiger partial charge in [-0.05, 0) is 95.6 Å². The van der Waals surface area contributed by atoms with Gasteiger partial charge in [-0.2, -0.15) is 0 Å². The molecule has 0 saturated carbocycles. The highest BCUT2D eigenvalue weighted by atomic mass is 79.9. The number of para-hydroxylation sites is 4. The van der Waals surface area contributed by atoms with Crippen LogP contribution in [0.1, 0.15) is 0 Å². The standard InChI is InChI=1S/C36H24Br2N3O4P3S2/c37-25-17-21-27(22-18-25)49-48(50-28-23-19-26(38)20-24-28)40-46(42-33-13-5-1-9-29(33)30-10-2-6-14-34(30)43-46)39-47(41-48)44-35-15-7-3-11-31(35)32-12-4-8-16-36(32)45-47/h1-24H. The smallest absolute Gasteiger partial charge is 0.413 e. The van der Waals surface area contributed by atoms with Crippen LogP contribution in [0.2, 0.25) is 0 Å². The van der Waals surface area contributed by atoms with Gasteiger partial charge in [0.15, 0.2) is 0 Å². The van der Waals surface area contributed by atoms with Gasteiger partial charge >= 0.3 is 15.3 Å². The molecule has 0 amide bonds. The van der Waals surface area contributed by atoms with Crippen molar-refractivity contribution in [3.63, 3.8) is 0 Å². The molecule has 0 radical (unpaired) electrons. The fourth-order valence-corrected chi connectivity index (χ4v) is 24.6. The molecule has 9 rings (SSSR count). The maximum Gasteiger partial charge on any atom is 0.456 e. The molecule has 0 atom stereocenters. The van der Waals surface area contributed by atoms with Crippen molar-refractivity contribution in [3.05, 3.63) is 155 Å². The van der Waals surface area contributed by atoms with Gasteiger partial charge in [-0.1, -0.05) is 109 Å². The van der Waals surface area contributed by atoms with Crippen LogP contribution in [0.4, 0.5) is 0 Å². The summed E-state index contributed by atoms with van der Waals surface area (Å²) in [6.45, 7) is 0. The molecular weight excluding hydrogens is 855 g/mol. The Morgan fingerprint density at radius 1 is 0.380 bits per heavy atom. The summed E-state index contributed by atoms with van der Waals surface area (Å²) in [6.07, 6.45) is 0. The van der Waals surface area contributed by atoms with Crippen molar-refractivity contribution < 1.29 is 18.1 Å². The van der Waals surface area contributed by atoms with Crippen LogP contribution < -0.4 is 18.1 Å². The molecule has 0 fully saturated rings. The van der Waals surface area contributed by atoms with E-state index in [9.17, 15) is 0 Å². The molecule has 0 unspecified atom stereocenters. The summed E-state index contributed by atoms with van der Waals surface area (Å²) in [7, 11) is -7.28. The Hall–Kier alpha value is -3.13. The number of fused-ring (bicyclic) bond motifs is 6. The molecule has 3 aliphatic heterocycles. The number of benzene rings is 6. The third-order valence-electron chi connectivity index (χ3n) is 7.75. The molecule has 6 aromatic carbocycles. The number of nitrogens with zero attached hydrogens (tertiary/aromatic N) is 3. The van der Waals surface area contributed by atoms with Crippen LogP contribution in [0, 0.1) is 0 Å². The predicted molar refractivity (Wildman–Crippen MR) is 214 cm³/mol. The molecule has 0 N–H and O–H groups in total. The fraction of sp³-hybridized carbons (Fsp3) is 0. The topological polar surface area (TPSA) is 74.0 Å². The maximum atomic E-state index is 7.03. The van der Waals surface area contributed by atoms with Crippen LogP contribution in [0.15, 0.2) is 178 Å². The van der Waals surface area contributed by atoms with Gasteiger partial charge in [0.25, 0.3) is 0 Å². The lowest BCUT2D eigenvalue weighted by Gasteiger charge is -2.32. The molecular formula is C36H24Br2N3O4P3S2. The van der Waals surface area contributed by atoms with Crippen LogP contribution in [0.3, 0.4) is 0 Å². The van der Waals surface area contributed by atoms with E-state index in [1.165, 1.54) is 0 Å². The van der Waals surface area contributed by atoms with Crippen LogP contribution in [0.25, 0.3) is 22.3 Å². The van der Waals surface area contributed by atoms with E-state index in [0.717, 1.165) is 41.0 Å². The zero-order valence-electron chi connectivity index (χ0n) is 25.7. The third kappa shape index (κ3) is 6.32. The number of halogens is 2. The highest BCUT2D eigenvalue weighted by Crippen LogP contribution is 2.89. The van der Waals surface area contributed by atoms with E-state index in [1.807, 2.05) is 121 Å². The maximum absolute atomic E-state index is 7.03. The molecule has 14 heteroatoms. The molecule has 0 aliphatic carbocycles. The van der Waals surface area contributed by atoms with Gasteiger partial charge in [0.2, 0.25) is 5.61 Å². The monoisotopic (exact) mass is 877 g/mol. The van der Waals surface area contributed by atoms with Crippen molar-refractivity contribution in [2.75, 3.05) is 0 Å². The quantitative estimate of drug-likeness (QED) is 0.164. The molecule has 0 saturated heterocycles. The van der Waals surface area contributed by atoms with E-state index in [2.05, 4.69) is 56.1 Å². The average molecular weight is 879 g/mol. The Bertz CT molecular complexity index is 2230. The van der Waals surface area contributed by atoms with Gasteiger partial charge in [0.05, 0.1) is 0 Å². The van der Waals surface area contributed by atoms with E-state index in [4.69, 9.17) is 31.6 Å². The van der Waals surface area contributed by atoms with Gasteiger partial charge in [0, 0.05) is 41.0 Å². The van der Waals surface area contributed by atoms with Crippen molar-refractivity contribution in [3.8, 4) is 45.3 Å². The Morgan fingerprint density at radius 3 is 1.06 bits per heavy atom. The second-order valence-corrected chi connectivity index (χ2v) is 25.0. The van der Waals surface area contributed by atoms with Gasteiger partial charge in [0.1, 0.15) is 23.0 Å². The van der Waals surface area contributed by atoms with Crippen LogP contribution >= 0.6 is 75.6 Å². The summed E-state index contributed by atoms with van der Waals surface area (Å²) < 4.78 is 46.7. The molecule has 7 nitrogen and oxygen atoms in total. The largest absolute Gasteiger partial charge is 0.456 e. The minimum atomic E-state index is -3.64. The highest BCUT2D eigenvalue weighted by molar-refractivity contribution is 9.10. The fourth-order valence-electron chi connectivity index (χ4n) is 5.61. The molecule has 0 bridgehead atoms. The Kier molecular flexibility index (Phi) is 8.60. The van der Waals surface area contributed by atoms with E-state index in [-0.39, 0.29) is 0 Å². The summed E-state index contributed by atoms with van der Waals surface area (Å²) in [5.41, 5.74) is 0.509. The Morgan fingerprint density at radius 2 is 0.700 bits per heavy atom. The lowest BCUT2D eigenvalue weighted by molar-refractivity contribution is 0.469. The predicted octanol–water partition coefficient (Wildman–Crippen LogP) is 15.2. The van der Waals surface area contributed by atoms with Crippen molar-refractivity contribution >= 4 is 75.6 Å². The summed E-state index contributed by atoms with van der Waals surface area (Å²) in [5.74, 6) is 2.48. The van der Waals surface area contributed by atoms with Crippen LogP contribution in [-0.4, -0.2) is 0 Å². The first-order chi connectivity index (χ1) is 24.4. The second-order valence-electron chi connectivity index (χ2n) is 11.2. The zero-order valence-corrected chi connectivity index (χ0v) is 33.2. The summed E-state index contributed by atoms with van der Waals surface area (Å²) >= 11 is 10.4. The summed E-state index contributed by atoms with van der Waals surface area (Å²) in [4.78, 5) is 1.95. The SMILES string of the molecule is Brc1ccc(SP2(Sc3ccc(Br)cc3)=NP3(=NP4(=N2)Oc2ccccc2-c2ccccc2O4)Oc2ccccc2-c2ccccc2O3)cc1. The second kappa shape index (κ2) is 13.1. The van der Waals surface area contributed by atoms with Crippen molar-refractivity contribution in [2.45, 2.75) is 9.79 Å². The van der Waals surface area contributed by atoms with Crippen LogP contribution in [-0.2, 0) is 0 Å². The van der Waals surface area contributed by atoms with Gasteiger partial charge < -0.3 is 18.1 Å². The van der Waals surface area contributed by atoms with Gasteiger partial charge in [-0.3, -0.25) is 0 Å². The normalized spacial score (nSPS) is 16.8. The lowest BCUT2D eigenvalue weighted by atomic mass is 10.0. The number of hydrogen-bond acceptors (Lipinski definition) is 9. The summed E-state index contributed by atoms with van der Waals surface area (Å²) in [6, 6.07) is 47.9. The number of hydrogen-bond donors (Lipinski definition) is 0. The molecule has 248 valence electrons. The van der Waals surface area contributed by atoms with E-state index >= 15 is 0 Å². The highest BCUT2D eigenvalue weighted by Gasteiger charge is 2.48. The zero-order chi connectivity index (χ0) is 33.8. The minimum absolute atomic E-state index is 0.620. The summed E-state index contributed by atoms with van der Waals surface area (Å²) in [5, 5.41) is 0. The third-order valence-corrected chi connectivity index (χ3v) is 24.1. The van der Waals surface area contributed by atoms with Gasteiger partial charge in [-0.15, -0.1) is 9.03 Å². The molecule has 6 aromatic rings. The van der Waals surface area contributed by atoms with E-state index in [0.29, 0.717) is 23.0 Å². The first kappa shape index (κ1) is 32.8. The molecule has 0 aromatic heterocycles. The molecule has 50 heavy (non-hydrogen) atoms. The van der Waals surface area contributed by atoms with Crippen LogP contribution in [0.5, 0.6) is 23.0 Å². The Labute approximate surface area is 314 Å². The van der Waals surface area contributed by atoms with E-state index in [1.54, 1.807) is 22.8 Å². The van der Waals surface area contributed by atoms with Gasteiger partial charge in [-0.25, -0.2) is 0 Å². The van der Waals surface area contributed by atoms with Crippen molar-refractivity contribution in [1.82, 2.24) is 0 Å². The molecule has 3 heterocycles. The number of rotatable bonds is 4. The average Bonchev–Trinajstić information content (AvgIpc) is 3.33. The van der Waals surface area contributed by atoms with Crippen molar-refractivity contribution in [2.24, 2.45) is 13.5 Å². The molecule has 3 aliphatic rings. The first-order valence-electron chi connectivity index (χ1n) is 15.4. The Balaban J connectivity index is 1.37. The first-order valence-corrected chi connectivity index (χ1v) is 24.5. The molecule has 2 spiro atoms.